The Kier molecular flexibility index (Phi) is 5.26. The van der Waals surface area contributed by atoms with Crippen LogP contribution in [0.3, 0.4) is 0 Å². The Hall–Kier alpha value is -1.87. The zero-order valence-electron chi connectivity index (χ0n) is 15.9. The molecule has 3 heteroatoms. The molecule has 1 aliphatic heterocycles. The second kappa shape index (κ2) is 7.79. The highest BCUT2D eigenvalue weighted by atomic mass is 15.2. The molecule has 1 N–H and O–H groups in total. The number of anilines is 1. The van der Waals surface area contributed by atoms with Crippen molar-refractivity contribution < 1.29 is 0 Å². The molecule has 1 aromatic heterocycles. The summed E-state index contributed by atoms with van der Waals surface area (Å²) in [6.07, 6.45) is 8.31. The fraction of sp³-hybridized carbons (Fsp3) is 0.522. The lowest BCUT2D eigenvalue weighted by atomic mass is 9.93. The summed E-state index contributed by atoms with van der Waals surface area (Å²) in [7, 11) is 0. The molecule has 2 fully saturated rings. The lowest BCUT2D eigenvalue weighted by molar-refractivity contribution is 0.354. The van der Waals surface area contributed by atoms with Crippen LogP contribution in [-0.2, 0) is 0 Å². The van der Waals surface area contributed by atoms with Crippen LogP contribution in [0, 0.1) is 5.92 Å². The molecule has 2 heterocycles. The van der Waals surface area contributed by atoms with Crippen molar-refractivity contribution in [2.45, 2.75) is 50.5 Å². The van der Waals surface area contributed by atoms with Gasteiger partial charge in [0.05, 0.1) is 0 Å². The van der Waals surface area contributed by atoms with Gasteiger partial charge in [0.1, 0.15) is 5.82 Å². The predicted molar refractivity (Wildman–Crippen MR) is 109 cm³/mol. The van der Waals surface area contributed by atoms with Crippen LogP contribution in [0.15, 0.2) is 54.7 Å². The minimum absolute atomic E-state index is 0.357. The van der Waals surface area contributed by atoms with Gasteiger partial charge in [-0.3, -0.25) is 0 Å². The fourth-order valence-electron chi connectivity index (χ4n) is 4.66. The molecule has 2 atom stereocenters. The number of hydrogen-bond donors (Lipinski definition) is 1. The third-order valence-corrected chi connectivity index (χ3v) is 6.53. The average Bonchev–Trinajstić information content (AvgIpc) is 3.45. The fourth-order valence-corrected chi connectivity index (χ4v) is 4.66. The van der Waals surface area contributed by atoms with E-state index in [1.807, 2.05) is 12.3 Å². The number of benzene rings is 1. The molecule has 0 radical (unpaired) electrons. The normalized spacial score (nSPS) is 26.0. The molecule has 0 bridgehead atoms. The van der Waals surface area contributed by atoms with Crippen LogP contribution in [0.2, 0.25) is 0 Å². The maximum atomic E-state index is 4.49. The molecule has 1 aliphatic carbocycles. The molecule has 0 unspecified atom stereocenters. The van der Waals surface area contributed by atoms with Crippen LogP contribution < -0.4 is 10.2 Å². The van der Waals surface area contributed by atoms with Gasteiger partial charge in [-0.2, -0.15) is 0 Å². The Morgan fingerprint density at radius 1 is 1.08 bits per heavy atom. The van der Waals surface area contributed by atoms with Crippen LogP contribution in [0.4, 0.5) is 5.82 Å². The van der Waals surface area contributed by atoms with Crippen molar-refractivity contribution >= 4 is 5.82 Å². The number of hydrogen-bond acceptors (Lipinski definition) is 3. The van der Waals surface area contributed by atoms with Crippen molar-refractivity contribution in [2.75, 3.05) is 24.5 Å². The van der Waals surface area contributed by atoms with Gasteiger partial charge in [-0.25, -0.2) is 4.98 Å². The van der Waals surface area contributed by atoms with Gasteiger partial charge in [0.15, 0.2) is 0 Å². The number of piperidine rings is 1. The smallest absolute Gasteiger partial charge is 0.128 e. The van der Waals surface area contributed by atoms with Gasteiger partial charge in [0, 0.05) is 30.7 Å². The standard InChI is InChI=1S/C23H31N3/c1-2-23(18-21(23)20-8-4-3-5-9-20)25-15-11-19-12-16-26(17-13-19)22-10-6-7-14-24-22/h3-10,14,19,21,25H,2,11-13,15-18H2,1H3/t21-,23+/m0/s1. The summed E-state index contributed by atoms with van der Waals surface area (Å²) in [5.74, 6) is 2.70. The van der Waals surface area contributed by atoms with Crippen molar-refractivity contribution in [1.29, 1.82) is 0 Å². The Balaban J connectivity index is 1.22. The summed E-state index contributed by atoms with van der Waals surface area (Å²) in [4.78, 5) is 6.93. The summed E-state index contributed by atoms with van der Waals surface area (Å²) >= 11 is 0. The van der Waals surface area contributed by atoms with Gasteiger partial charge in [-0.15, -0.1) is 0 Å². The third-order valence-electron chi connectivity index (χ3n) is 6.53. The van der Waals surface area contributed by atoms with Crippen LogP contribution in [-0.4, -0.2) is 30.2 Å². The first-order chi connectivity index (χ1) is 12.8. The zero-order valence-corrected chi connectivity index (χ0v) is 15.9. The van der Waals surface area contributed by atoms with E-state index in [2.05, 4.69) is 64.6 Å². The van der Waals surface area contributed by atoms with Gasteiger partial charge in [0.2, 0.25) is 0 Å². The number of rotatable bonds is 7. The van der Waals surface area contributed by atoms with Crippen molar-refractivity contribution in [2.24, 2.45) is 5.92 Å². The first-order valence-electron chi connectivity index (χ1n) is 10.3. The van der Waals surface area contributed by atoms with E-state index in [0.29, 0.717) is 11.5 Å². The van der Waals surface area contributed by atoms with E-state index in [0.717, 1.165) is 31.4 Å². The quantitative estimate of drug-likeness (QED) is 0.791. The summed E-state index contributed by atoms with van der Waals surface area (Å²) in [5, 5.41) is 3.93. The molecule has 26 heavy (non-hydrogen) atoms. The topological polar surface area (TPSA) is 28.2 Å². The Bertz CT molecular complexity index is 679. The van der Waals surface area contributed by atoms with E-state index in [9.17, 15) is 0 Å². The minimum Gasteiger partial charge on any atom is -0.357 e. The Morgan fingerprint density at radius 2 is 1.85 bits per heavy atom. The third kappa shape index (κ3) is 3.78. The predicted octanol–water partition coefficient (Wildman–Crippen LogP) is 4.61. The van der Waals surface area contributed by atoms with Gasteiger partial charge < -0.3 is 10.2 Å². The van der Waals surface area contributed by atoms with E-state index in [1.165, 1.54) is 37.7 Å². The molecule has 138 valence electrons. The number of nitrogens with zero attached hydrogens (tertiary/aromatic N) is 2. The van der Waals surface area contributed by atoms with Gasteiger partial charge >= 0.3 is 0 Å². The SMILES string of the molecule is CC[C@@]1(NCCC2CCN(c3ccccn3)CC2)C[C@H]1c1ccccc1. The summed E-state index contributed by atoms with van der Waals surface area (Å²) in [5.41, 5.74) is 1.86. The summed E-state index contributed by atoms with van der Waals surface area (Å²) in [6, 6.07) is 17.2. The molecule has 1 saturated heterocycles. The zero-order chi connectivity index (χ0) is 17.8. The van der Waals surface area contributed by atoms with E-state index in [1.54, 1.807) is 0 Å². The number of pyridine rings is 1. The molecule has 0 amide bonds. The second-order valence-electron chi connectivity index (χ2n) is 8.01. The molecule has 2 aliphatic rings. The summed E-state index contributed by atoms with van der Waals surface area (Å²) in [6.45, 7) is 5.78. The molecule has 1 aromatic carbocycles. The summed E-state index contributed by atoms with van der Waals surface area (Å²) < 4.78 is 0. The van der Waals surface area contributed by atoms with Gasteiger partial charge in [0.25, 0.3) is 0 Å². The molecule has 4 rings (SSSR count). The Labute approximate surface area is 157 Å². The monoisotopic (exact) mass is 349 g/mol. The number of nitrogens with one attached hydrogen (secondary N) is 1. The molecule has 2 aromatic rings. The van der Waals surface area contributed by atoms with Crippen LogP contribution >= 0.6 is 0 Å². The van der Waals surface area contributed by atoms with Crippen molar-refractivity contribution in [3.63, 3.8) is 0 Å². The molecule has 1 saturated carbocycles. The highest BCUT2D eigenvalue weighted by Crippen LogP contribution is 2.53. The number of aromatic nitrogens is 1. The van der Waals surface area contributed by atoms with E-state index in [-0.39, 0.29) is 0 Å². The first kappa shape index (κ1) is 17.5. The lowest BCUT2D eigenvalue weighted by Gasteiger charge is -2.33. The van der Waals surface area contributed by atoms with Crippen LogP contribution in [0.1, 0.15) is 50.5 Å². The average molecular weight is 350 g/mol. The van der Waals surface area contributed by atoms with Crippen molar-refractivity contribution in [1.82, 2.24) is 10.3 Å². The molecular formula is C23H31N3. The minimum atomic E-state index is 0.357. The van der Waals surface area contributed by atoms with Crippen LogP contribution in [0.5, 0.6) is 0 Å². The van der Waals surface area contributed by atoms with E-state index < -0.39 is 0 Å². The van der Waals surface area contributed by atoms with E-state index >= 15 is 0 Å². The van der Waals surface area contributed by atoms with Crippen LogP contribution in [0.25, 0.3) is 0 Å². The Morgan fingerprint density at radius 3 is 2.54 bits per heavy atom. The molecular weight excluding hydrogens is 318 g/mol. The maximum absolute atomic E-state index is 4.49. The van der Waals surface area contributed by atoms with Crippen molar-refractivity contribution in [3.8, 4) is 0 Å². The van der Waals surface area contributed by atoms with Gasteiger partial charge in [-0.05, 0) is 62.3 Å². The lowest BCUT2D eigenvalue weighted by Crippen LogP contribution is -2.37. The van der Waals surface area contributed by atoms with Crippen molar-refractivity contribution in [3.05, 3.63) is 60.3 Å². The maximum Gasteiger partial charge on any atom is 0.128 e. The van der Waals surface area contributed by atoms with Gasteiger partial charge in [-0.1, -0.05) is 43.3 Å². The van der Waals surface area contributed by atoms with E-state index in [4.69, 9.17) is 0 Å². The molecule has 3 nitrogen and oxygen atoms in total. The molecule has 0 spiro atoms. The largest absolute Gasteiger partial charge is 0.357 e. The highest BCUT2D eigenvalue weighted by molar-refractivity contribution is 5.38. The second-order valence-corrected chi connectivity index (χ2v) is 8.01. The first-order valence-corrected chi connectivity index (χ1v) is 10.3. The highest BCUT2D eigenvalue weighted by Gasteiger charge is 2.52.